The highest BCUT2D eigenvalue weighted by molar-refractivity contribution is 14.1. The zero-order valence-electron chi connectivity index (χ0n) is 14.2. The highest BCUT2D eigenvalue weighted by atomic mass is 127. The van der Waals surface area contributed by atoms with Crippen molar-refractivity contribution in [1.82, 2.24) is 4.31 Å². The van der Waals surface area contributed by atoms with Crippen molar-refractivity contribution >= 4 is 44.1 Å². The number of hydrogen-bond donors (Lipinski definition) is 1. The number of halogens is 1. The summed E-state index contributed by atoms with van der Waals surface area (Å²) in [5.74, 6) is -0.0923. The van der Waals surface area contributed by atoms with Gasteiger partial charge in [-0.05, 0) is 71.1 Å². The second-order valence-corrected chi connectivity index (χ2v) is 8.58. The standard InChI is InChI=1S/C18H21IN2O3S/c1-3-21(4-2)25(23,24)17-11-5-14(6-12-17)18(22)13-20-16-9-7-15(19)8-10-16/h5-12,20H,3-4,13H2,1-2H3. The van der Waals surface area contributed by atoms with Gasteiger partial charge in [0.25, 0.3) is 0 Å². The van der Waals surface area contributed by atoms with Crippen LogP contribution in [0.1, 0.15) is 24.2 Å². The molecule has 2 rings (SSSR count). The molecule has 0 aliphatic heterocycles. The molecule has 5 nitrogen and oxygen atoms in total. The lowest BCUT2D eigenvalue weighted by atomic mass is 10.1. The Kier molecular flexibility index (Phi) is 6.97. The number of ketones is 1. The summed E-state index contributed by atoms with van der Waals surface area (Å²) in [7, 11) is -3.50. The molecular weight excluding hydrogens is 451 g/mol. The molecule has 0 saturated heterocycles. The van der Waals surface area contributed by atoms with E-state index in [4.69, 9.17) is 0 Å². The smallest absolute Gasteiger partial charge is 0.243 e. The van der Waals surface area contributed by atoms with Gasteiger partial charge in [0.1, 0.15) is 0 Å². The van der Waals surface area contributed by atoms with E-state index in [0.717, 1.165) is 9.26 Å². The van der Waals surface area contributed by atoms with E-state index in [0.29, 0.717) is 18.7 Å². The van der Waals surface area contributed by atoms with Gasteiger partial charge in [0.2, 0.25) is 10.0 Å². The van der Waals surface area contributed by atoms with Crippen molar-refractivity contribution in [3.63, 3.8) is 0 Å². The first kappa shape index (κ1) is 19.9. The average molecular weight is 472 g/mol. The number of sulfonamides is 1. The fourth-order valence-corrected chi connectivity index (χ4v) is 4.20. The molecule has 0 fully saturated rings. The number of nitrogens with one attached hydrogen (secondary N) is 1. The van der Waals surface area contributed by atoms with Gasteiger partial charge in [-0.25, -0.2) is 8.42 Å². The molecule has 0 aromatic heterocycles. The van der Waals surface area contributed by atoms with Crippen molar-refractivity contribution in [3.05, 3.63) is 57.7 Å². The Hall–Kier alpha value is -1.45. The molecule has 134 valence electrons. The number of benzene rings is 2. The largest absolute Gasteiger partial charge is 0.378 e. The van der Waals surface area contributed by atoms with Crippen molar-refractivity contribution in [1.29, 1.82) is 0 Å². The summed E-state index contributed by atoms with van der Waals surface area (Å²) in [4.78, 5) is 12.5. The van der Waals surface area contributed by atoms with Crippen molar-refractivity contribution in [2.24, 2.45) is 0 Å². The summed E-state index contributed by atoms with van der Waals surface area (Å²) < 4.78 is 27.4. The van der Waals surface area contributed by atoms with E-state index in [1.807, 2.05) is 24.3 Å². The first-order chi connectivity index (χ1) is 11.9. The lowest BCUT2D eigenvalue weighted by Gasteiger charge is -2.18. The number of anilines is 1. The highest BCUT2D eigenvalue weighted by Gasteiger charge is 2.21. The van der Waals surface area contributed by atoms with Gasteiger partial charge in [0.15, 0.2) is 5.78 Å². The van der Waals surface area contributed by atoms with Crippen LogP contribution in [0.4, 0.5) is 5.69 Å². The predicted molar refractivity (Wildman–Crippen MR) is 109 cm³/mol. The number of carbonyl (C=O) groups excluding carboxylic acids is 1. The minimum atomic E-state index is -3.50. The Morgan fingerprint density at radius 2 is 1.56 bits per heavy atom. The molecule has 0 aliphatic rings. The van der Waals surface area contributed by atoms with Crippen molar-refractivity contribution in [2.45, 2.75) is 18.7 Å². The Morgan fingerprint density at radius 3 is 2.08 bits per heavy atom. The van der Waals surface area contributed by atoms with E-state index < -0.39 is 10.0 Å². The molecule has 0 amide bonds. The number of rotatable bonds is 8. The maximum atomic E-state index is 12.4. The molecule has 7 heteroatoms. The van der Waals surface area contributed by atoms with Crippen molar-refractivity contribution in [2.75, 3.05) is 25.0 Å². The van der Waals surface area contributed by atoms with Crippen LogP contribution in [0.5, 0.6) is 0 Å². The lowest BCUT2D eigenvalue weighted by molar-refractivity contribution is 0.101. The Balaban J connectivity index is 2.06. The Bertz CT molecular complexity index is 814. The third-order valence-electron chi connectivity index (χ3n) is 3.82. The number of hydrogen-bond acceptors (Lipinski definition) is 4. The molecule has 1 N–H and O–H groups in total. The molecule has 0 atom stereocenters. The van der Waals surface area contributed by atoms with Gasteiger partial charge in [0.05, 0.1) is 11.4 Å². The number of Topliss-reactive ketones (excluding diaryl/α,β-unsaturated/α-hetero) is 1. The monoisotopic (exact) mass is 472 g/mol. The van der Waals surface area contributed by atoms with Crippen LogP contribution in [0, 0.1) is 3.57 Å². The zero-order valence-corrected chi connectivity index (χ0v) is 17.2. The highest BCUT2D eigenvalue weighted by Crippen LogP contribution is 2.17. The normalized spacial score (nSPS) is 11.5. The molecule has 0 heterocycles. The van der Waals surface area contributed by atoms with Gasteiger partial charge in [0, 0.05) is 27.9 Å². The van der Waals surface area contributed by atoms with Gasteiger partial charge in [-0.15, -0.1) is 0 Å². The van der Waals surface area contributed by atoms with Gasteiger partial charge in [-0.3, -0.25) is 4.79 Å². The average Bonchev–Trinajstić information content (AvgIpc) is 2.62. The molecule has 0 aliphatic carbocycles. The van der Waals surface area contributed by atoms with E-state index in [2.05, 4.69) is 27.9 Å². The molecule has 0 radical (unpaired) electrons. The fourth-order valence-electron chi connectivity index (χ4n) is 2.38. The van der Waals surface area contributed by atoms with Crippen molar-refractivity contribution < 1.29 is 13.2 Å². The van der Waals surface area contributed by atoms with Crippen LogP contribution in [0.25, 0.3) is 0 Å². The molecule has 0 spiro atoms. The van der Waals surface area contributed by atoms with Crippen LogP contribution >= 0.6 is 22.6 Å². The first-order valence-electron chi connectivity index (χ1n) is 8.01. The molecular formula is C18H21IN2O3S. The third-order valence-corrected chi connectivity index (χ3v) is 6.60. The second-order valence-electron chi connectivity index (χ2n) is 5.40. The van der Waals surface area contributed by atoms with Crippen LogP contribution in [-0.2, 0) is 10.0 Å². The van der Waals surface area contributed by atoms with Gasteiger partial charge >= 0.3 is 0 Å². The SMILES string of the molecule is CCN(CC)S(=O)(=O)c1ccc(C(=O)CNc2ccc(I)cc2)cc1. The topological polar surface area (TPSA) is 66.5 Å². The first-order valence-corrected chi connectivity index (χ1v) is 10.5. The minimum Gasteiger partial charge on any atom is -0.378 e. The maximum Gasteiger partial charge on any atom is 0.243 e. The lowest BCUT2D eigenvalue weighted by Crippen LogP contribution is -2.30. The third kappa shape index (κ3) is 5.02. The predicted octanol–water partition coefficient (Wildman–Crippen LogP) is 3.62. The van der Waals surface area contributed by atoms with E-state index in [9.17, 15) is 13.2 Å². The van der Waals surface area contributed by atoms with Gasteiger partial charge in [-0.2, -0.15) is 4.31 Å². The number of carbonyl (C=O) groups is 1. The molecule has 0 unspecified atom stereocenters. The maximum absolute atomic E-state index is 12.4. The van der Waals surface area contributed by atoms with Gasteiger partial charge < -0.3 is 5.32 Å². The molecule has 2 aromatic carbocycles. The van der Waals surface area contributed by atoms with Crippen molar-refractivity contribution in [3.8, 4) is 0 Å². The summed E-state index contributed by atoms with van der Waals surface area (Å²) in [5.41, 5.74) is 1.35. The van der Waals surface area contributed by atoms with E-state index in [1.54, 1.807) is 26.0 Å². The van der Waals surface area contributed by atoms with Crippen LogP contribution in [0.2, 0.25) is 0 Å². The second kappa shape index (κ2) is 8.77. The quantitative estimate of drug-likeness (QED) is 0.471. The minimum absolute atomic E-state index is 0.0923. The van der Waals surface area contributed by atoms with E-state index in [-0.39, 0.29) is 17.2 Å². The summed E-state index contributed by atoms with van der Waals surface area (Å²) in [6, 6.07) is 13.9. The summed E-state index contributed by atoms with van der Waals surface area (Å²) in [5, 5.41) is 3.07. The van der Waals surface area contributed by atoms with Crippen LogP contribution < -0.4 is 5.32 Å². The van der Waals surface area contributed by atoms with Gasteiger partial charge in [-0.1, -0.05) is 13.8 Å². The van der Waals surface area contributed by atoms with E-state index >= 15 is 0 Å². The molecule has 0 bridgehead atoms. The molecule has 25 heavy (non-hydrogen) atoms. The summed E-state index contributed by atoms with van der Waals surface area (Å²) in [6.45, 7) is 4.59. The summed E-state index contributed by atoms with van der Waals surface area (Å²) in [6.07, 6.45) is 0. The number of nitrogens with zero attached hydrogens (tertiary/aromatic N) is 1. The Morgan fingerprint density at radius 1 is 1.00 bits per heavy atom. The zero-order chi connectivity index (χ0) is 18.4. The van der Waals surface area contributed by atoms with Crippen LogP contribution in [0.3, 0.4) is 0 Å². The molecule has 0 saturated carbocycles. The fraction of sp³-hybridized carbons (Fsp3) is 0.278. The molecule has 2 aromatic rings. The summed E-state index contributed by atoms with van der Waals surface area (Å²) >= 11 is 2.22. The Labute approximate surface area is 162 Å². The van der Waals surface area contributed by atoms with Crippen LogP contribution in [-0.4, -0.2) is 38.1 Å². The van der Waals surface area contributed by atoms with E-state index in [1.165, 1.54) is 16.4 Å². The van der Waals surface area contributed by atoms with Crippen LogP contribution in [0.15, 0.2) is 53.4 Å².